The molecule has 0 bridgehead atoms. The van der Waals surface area contributed by atoms with Crippen LogP contribution in [0.25, 0.3) is 0 Å². The number of hydrogen-bond acceptors (Lipinski definition) is 2. The quantitative estimate of drug-likeness (QED) is 0.844. The molecule has 0 unspecified atom stereocenters. The number of benzene rings is 2. The van der Waals surface area contributed by atoms with Crippen molar-refractivity contribution in [1.29, 1.82) is 0 Å². The predicted molar refractivity (Wildman–Crippen MR) is 71.9 cm³/mol. The van der Waals surface area contributed by atoms with E-state index in [2.05, 4.69) is 5.32 Å². The van der Waals surface area contributed by atoms with Gasteiger partial charge in [-0.3, -0.25) is 0 Å². The molecule has 0 saturated heterocycles. The van der Waals surface area contributed by atoms with Crippen molar-refractivity contribution in [3.05, 3.63) is 54.6 Å². The van der Waals surface area contributed by atoms with E-state index in [0.717, 1.165) is 17.1 Å². The van der Waals surface area contributed by atoms with Gasteiger partial charge in [0.1, 0.15) is 5.75 Å². The van der Waals surface area contributed by atoms with Crippen molar-refractivity contribution < 1.29 is 4.74 Å². The number of hydrogen-bond donors (Lipinski definition) is 1. The highest BCUT2D eigenvalue weighted by molar-refractivity contribution is 5.60. The molecule has 2 aromatic rings. The van der Waals surface area contributed by atoms with E-state index in [1.54, 1.807) is 0 Å². The Kier molecular flexibility index (Phi) is 3.66. The van der Waals surface area contributed by atoms with Crippen molar-refractivity contribution in [2.75, 3.05) is 5.32 Å². The van der Waals surface area contributed by atoms with E-state index in [9.17, 15) is 0 Å². The second-order valence-electron chi connectivity index (χ2n) is 4.19. The van der Waals surface area contributed by atoms with Gasteiger partial charge in [0.05, 0.1) is 6.10 Å². The molecular formula is C15H17NO. The van der Waals surface area contributed by atoms with E-state index < -0.39 is 0 Å². The zero-order valence-corrected chi connectivity index (χ0v) is 10.2. The van der Waals surface area contributed by atoms with Crippen molar-refractivity contribution in [2.24, 2.45) is 0 Å². The number of rotatable bonds is 4. The fourth-order valence-electron chi connectivity index (χ4n) is 1.61. The monoisotopic (exact) mass is 227 g/mol. The maximum Gasteiger partial charge on any atom is 0.121 e. The second kappa shape index (κ2) is 5.39. The van der Waals surface area contributed by atoms with Gasteiger partial charge in [-0.05, 0) is 38.1 Å². The third kappa shape index (κ3) is 3.52. The highest BCUT2D eigenvalue weighted by atomic mass is 16.5. The van der Waals surface area contributed by atoms with Gasteiger partial charge in [0, 0.05) is 17.4 Å². The van der Waals surface area contributed by atoms with E-state index in [-0.39, 0.29) is 6.10 Å². The molecular weight excluding hydrogens is 210 g/mol. The fourth-order valence-corrected chi connectivity index (χ4v) is 1.61. The second-order valence-corrected chi connectivity index (χ2v) is 4.19. The van der Waals surface area contributed by atoms with Crippen LogP contribution in [0.4, 0.5) is 11.4 Å². The van der Waals surface area contributed by atoms with E-state index in [0.29, 0.717) is 0 Å². The number of para-hydroxylation sites is 1. The van der Waals surface area contributed by atoms with Gasteiger partial charge in [-0.2, -0.15) is 0 Å². The minimum Gasteiger partial charge on any atom is -0.491 e. The maximum absolute atomic E-state index is 5.65. The van der Waals surface area contributed by atoms with E-state index in [1.807, 2.05) is 68.4 Å². The first-order valence-corrected chi connectivity index (χ1v) is 5.83. The molecule has 0 aliphatic rings. The van der Waals surface area contributed by atoms with Crippen molar-refractivity contribution >= 4 is 11.4 Å². The summed E-state index contributed by atoms with van der Waals surface area (Å²) in [4.78, 5) is 0. The molecule has 0 aromatic heterocycles. The Labute approximate surface area is 102 Å². The SMILES string of the molecule is CC(C)Oc1cccc(Nc2ccccc2)c1. The third-order valence-electron chi connectivity index (χ3n) is 2.27. The van der Waals surface area contributed by atoms with Crippen LogP contribution in [0.15, 0.2) is 54.6 Å². The summed E-state index contributed by atoms with van der Waals surface area (Å²) < 4.78 is 5.65. The largest absolute Gasteiger partial charge is 0.491 e. The molecule has 0 aliphatic carbocycles. The summed E-state index contributed by atoms with van der Waals surface area (Å²) in [5, 5.41) is 3.34. The number of nitrogens with one attached hydrogen (secondary N) is 1. The first-order chi connectivity index (χ1) is 8.24. The summed E-state index contributed by atoms with van der Waals surface area (Å²) in [5.41, 5.74) is 2.11. The molecule has 17 heavy (non-hydrogen) atoms. The normalized spacial score (nSPS) is 10.3. The van der Waals surface area contributed by atoms with Crippen LogP contribution in [0, 0.1) is 0 Å². The molecule has 0 spiro atoms. The molecule has 2 heteroatoms. The molecule has 0 heterocycles. The zero-order valence-electron chi connectivity index (χ0n) is 10.2. The van der Waals surface area contributed by atoms with Crippen LogP contribution in [0.5, 0.6) is 5.75 Å². The molecule has 88 valence electrons. The Hall–Kier alpha value is -1.96. The van der Waals surface area contributed by atoms with E-state index in [1.165, 1.54) is 0 Å². The Morgan fingerprint density at radius 2 is 1.59 bits per heavy atom. The van der Waals surface area contributed by atoms with Crippen LogP contribution in [-0.2, 0) is 0 Å². The number of anilines is 2. The Morgan fingerprint density at radius 1 is 0.882 bits per heavy atom. The van der Waals surface area contributed by atoms with Crippen LogP contribution >= 0.6 is 0 Å². The van der Waals surface area contributed by atoms with Crippen LogP contribution < -0.4 is 10.1 Å². The smallest absolute Gasteiger partial charge is 0.121 e. The van der Waals surface area contributed by atoms with Crippen molar-refractivity contribution in [1.82, 2.24) is 0 Å². The molecule has 0 amide bonds. The lowest BCUT2D eigenvalue weighted by molar-refractivity contribution is 0.242. The molecule has 0 radical (unpaired) electrons. The van der Waals surface area contributed by atoms with Gasteiger partial charge in [-0.15, -0.1) is 0 Å². The third-order valence-corrected chi connectivity index (χ3v) is 2.27. The van der Waals surface area contributed by atoms with Crippen LogP contribution in [0.3, 0.4) is 0 Å². The first kappa shape index (κ1) is 11.5. The Balaban J connectivity index is 2.11. The topological polar surface area (TPSA) is 21.3 Å². The van der Waals surface area contributed by atoms with Crippen LogP contribution in [-0.4, -0.2) is 6.10 Å². The summed E-state index contributed by atoms with van der Waals surface area (Å²) in [5.74, 6) is 0.890. The molecule has 2 aromatic carbocycles. The van der Waals surface area contributed by atoms with E-state index >= 15 is 0 Å². The van der Waals surface area contributed by atoms with Gasteiger partial charge in [0.2, 0.25) is 0 Å². The molecule has 2 nitrogen and oxygen atoms in total. The lowest BCUT2D eigenvalue weighted by atomic mass is 10.2. The summed E-state index contributed by atoms with van der Waals surface area (Å²) in [6.07, 6.45) is 0.196. The number of ether oxygens (including phenoxy) is 1. The standard InChI is InChI=1S/C15H17NO/c1-12(2)17-15-10-6-9-14(11-15)16-13-7-4-3-5-8-13/h3-12,16H,1-2H3. The van der Waals surface area contributed by atoms with Gasteiger partial charge in [0.15, 0.2) is 0 Å². The van der Waals surface area contributed by atoms with Gasteiger partial charge >= 0.3 is 0 Å². The van der Waals surface area contributed by atoms with Crippen molar-refractivity contribution in [2.45, 2.75) is 20.0 Å². The highest BCUT2D eigenvalue weighted by Gasteiger charge is 1.99. The summed E-state index contributed by atoms with van der Waals surface area (Å²) >= 11 is 0. The average molecular weight is 227 g/mol. The summed E-state index contributed by atoms with van der Waals surface area (Å²) in [7, 11) is 0. The predicted octanol–water partition coefficient (Wildman–Crippen LogP) is 4.22. The van der Waals surface area contributed by atoms with Crippen molar-refractivity contribution in [3.63, 3.8) is 0 Å². The Bertz CT molecular complexity index is 465. The average Bonchev–Trinajstić information content (AvgIpc) is 2.30. The van der Waals surface area contributed by atoms with Gasteiger partial charge in [-0.25, -0.2) is 0 Å². The minimum absolute atomic E-state index is 0.196. The molecule has 0 saturated carbocycles. The van der Waals surface area contributed by atoms with Crippen molar-refractivity contribution in [3.8, 4) is 5.75 Å². The summed E-state index contributed by atoms with van der Waals surface area (Å²) in [6, 6.07) is 18.1. The lowest BCUT2D eigenvalue weighted by Crippen LogP contribution is -2.05. The molecule has 0 aliphatic heterocycles. The molecule has 2 rings (SSSR count). The van der Waals surface area contributed by atoms with Crippen LogP contribution in [0.2, 0.25) is 0 Å². The Morgan fingerprint density at radius 3 is 2.29 bits per heavy atom. The van der Waals surface area contributed by atoms with Gasteiger partial charge in [0.25, 0.3) is 0 Å². The highest BCUT2D eigenvalue weighted by Crippen LogP contribution is 2.21. The van der Waals surface area contributed by atoms with E-state index in [4.69, 9.17) is 4.74 Å². The zero-order chi connectivity index (χ0) is 12.1. The van der Waals surface area contributed by atoms with Crippen LogP contribution in [0.1, 0.15) is 13.8 Å². The molecule has 0 fully saturated rings. The first-order valence-electron chi connectivity index (χ1n) is 5.83. The maximum atomic E-state index is 5.65. The minimum atomic E-state index is 0.196. The van der Waals surface area contributed by atoms with Gasteiger partial charge < -0.3 is 10.1 Å². The molecule has 1 N–H and O–H groups in total. The summed E-state index contributed by atoms with van der Waals surface area (Å²) in [6.45, 7) is 4.05. The van der Waals surface area contributed by atoms with Gasteiger partial charge in [-0.1, -0.05) is 24.3 Å². The fraction of sp³-hybridized carbons (Fsp3) is 0.200. The lowest BCUT2D eigenvalue weighted by Gasteiger charge is -2.12. The molecule has 0 atom stereocenters.